The summed E-state index contributed by atoms with van der Waals surface area (Å²) >= 11 is 0. The zero-order valence-corrected chi connectivity index (χ0v) is 9.94. The lowest BCUT2D eigenvalue weighted by atomic mass is 10.2. The highest BCUT2D eigenvalue weighted by molar-refractivity contribution is 7.92. The van der Waals surface area contributed by atoms with E-state index in [1.807, 2.05) is 12.0 Å². The largest absolute Gasteiger partial charge is 0.460 e. The first-order valence-corrected chi connectivity index (χ1v) is 6.69. The summed E-state index contributed by atoms with van der Waals surface area (Å²) in [5.41, 5.74) is 0.801. The van der Waals surface area contributed by atoms with Crippen molar-refractivity contribution in [1.82, 2.24) is 0 Å². The van der Waals surface area contributed by atoms with E-state index in [4.69, 9.17) is 11.2 Å². The van der Waals surface area contributed by atoms with Crippen molar-refractivity contribution in [3.05, 3.63) is 35.9 Å². The summed E-state index contributed by atoms with van der Waals surface area (Å²) < 4.78 is 27.2. The van der Waals surface area contributed by atoms with Crippen LogP contribution in [0.3, 0.4) is 0 Å². The van der Waals surface area contributed by atoms with Crippen LogP contribution >= 0.6 is 0 Å². The molecule has 0 fully saturated rings. The second-order valence-corrected chi connectivity index (χ2v) is 5.45. The van der Waals surface area contributed by atoms with Crippen LogP contribution in [0.25, 0.3) is 0 Å². The van der Waals surface area contributed by atoms with Crippen molar-refractivity contribution in [2.45, 2.75) is 6.61 Å². The van der Waals surface area contributed by atoms with Crippen molar-refractivity contribution < 1.29 is 17.9 Å². The van der Waals surface area contributed by atoms with Crippen LogP contribution in [0.4, 0.5) is 0 Å². The number of terminal acetylenes is 1. The molecule has 0 saturated carbocycles. The van der Waals surface area contributed by atoms with Crippen LogP contribution in [0, 0.1) is 12.3 Å². The Labute approximate surface area is 101 Å². The van der Waals surface area contributed by atoms with Gasteiger partial charge in [0.2, 0.25) is 0 Å². The zero-order chi connectivity index (χ0) is 12.7. The van der Waals surface area contributed by atoms with Gasteiger partial charge in [0.05, 0.1) is 0 Å². The minimum absolute atomic E-state index is 0.0608. The smallest absolute Gasteiger partial charge is 0.321 e. The molecule has 0 atom stereocenters. The molecule has 5 heteroatoms. The highest BCUT2D eigenvalue weighted by atomic mass is 32.2. The van der Waals surface area contributed by atoms with Gasteiger partial charge in [-0.3, -0.25) is 4.79 Å². The predicted molar refractivity (Wildman–Crippen MR) is 63.7 cm³/mol. The standard InChI is InChI=1S/C12H12O4S/c1-2-8-17(14,15)10-12(13)16-9-11-6-4-3-5-7-11/h1,3-7H,8-10H2. The van der Waals surface area contributed by atoms with Gasteiger partial charge < -0.3 is 4.74 Å². The van der Waals surface area contributed by atoms with Gasteiger partial charge in [0.25, 0.3) is 0 Å². The van der Waals surface area contributed by atoms with Crippen molar-refractivity contribution in [2.24, 2.45) is 0 Å². The number of esters is 1. The Hall–Kier alpha value is -1.80. The third-order valence-electron chi connectivity index (χ3n) is 1.88. The first-order chi connectivity index (χ1) is 8.03. The van der Waals surface area contributed by atoms with Gasteiger partial charge in [-0.1, -0.05) is 36.3 Å². The minimum Gasteiger partial charge on any atom is -0.460 e. The number of sulfone groups is 1. The van der Waals surface area contributed by atoms with Gasteiger partial charge in [0.15, 0.2) is 9.84 Å². The van der Waals surface area contributed by atoms with Crippen molar-refractivity contribution >= 4 is 15.8 Å². The van der Waals surface area contributed by atoms with E-state index in [1.165, 1.54) is 0 Å². The third kappa shape index (κ3) is 5.18. The highest BCUT2D eigenvalue weighted by Gasteiger charge is 2.16. The van der Waals surface area contributed by atoms with Crippen molar-refractivity contribution in [1.29, 1.82) is 0 Å². The summed E-state index contributed by atoms with van der Waals surface area (Å²) in [6, 6.07) is 9.01. The maximum absolute atomic E-state index is 11.2. The van der Waals surface area contributed by atoms with Crippen LogP contribution in [0.15, 0.2) is 30.3 Å². The van der Waals surface area contributed by atoms with E-state index in [0.29, 0.717) is 0 Å². The number of ether oxygens (including phenoxy) is 1. The second-order valence-electron chi connectivity index (χ2n) is 3.38. The summed E-state index contributed by atoms with van der Waals surface area (Å²) in [4.78, 5) is 11.2. The van der Waals surface area contributed by atoms with Gasteiger partial charge in [-0.2, -0.15) is 0 Å². The van der Waals surface area contributed by atoms with Gasteiger partial charge in [-0.05, 0) is 5.56 Å². The monoisotopic (exact) mass is 252 g/mol. The Kier molecular flexibility index (Phi) is 4.73. The molecule has 1 aromatic rings. The summed E-state index contributed by atoms with van der Waals surface area (Å²) in [6.45, 7) is 0.0608. The summed E-state index contributed by atoms with van der Waals surface area (Å²) in [6.07, 6.45) is 4.87. The molecule has 0 aliphatic carbocycles. The fourth-order valence-corrected chi connectivity index (χ4v) is 1.94. The molecular formula is C12H12O4S. The Bertz CT molecular complexity index is 511. The quantitative estimate of drug-likeness (QED) is 0.574. The van der Waals surface area contributed by atoms with E-state index in [1.54, 1.807) is 24.3 Å². The molecular weight excluding hydrogens is 240 g/mol. The Balaban J connectivity index is 2.44. The van der Waals surface area contributed by atoms with E-state index in [9.17, 15) is 13.2 Å². The zero-order valence-electron chi connectivity index (χ0n) is 9.13. The van der Waals surface area contributed by atoms with E-state index in [2.05, 4.69) is 0 Å². The summed E-state index contributed by atoms with van der Waals surface area (Å²) in [7, 11) is -3.55. The number of carbonyl (C=O) groups is 1. The van der Waals surface area contributed by atoms with Crippen molar-refractivity contribution in [3.8, 4) is 12.3 Å². The average Bonchev–Trinajstić information content (AvgIpc) is 2.27. The van der Waals surface area contributed by atoms with E-state index in [-0.39, 0.29) is 6.61 Å². The van der Waals surface area contributed by atoms with Crippen LogP contribution in [-0.2, 0) is 26.0 Å². The molecule has 0 aliphatic heterocycles. The minimum atomic E-state index is -3.55. The van der Waals surface area contributed by atoms with Crippen LogP contribution in [0.5, 0.6) is 0 Å². The number of benzene rings is 1. The molecule has 0 saturated heterocycles. The maximum atomic E-state index is 11.2. The van der Waals surface area contributed by atoms with E-state index in [0.717, 1.165) is 5.56 Å². The molecule has 0 aromatic heterocycles. The Morgan fingerprint density at radius 2 is 1.94 bits per heavy atom. The van der Waals surface area contributed by atoms with Gasteiger partial charge >= 0.3 is 5.97 Å². The molecule has 0 bridgehead atoms. The van der Waals surface area contributed by atoms with E-state index >= 15 is 0 Å². The Morgan fingerprint density at radius 3 is 2.53 bits per heavy atom. The molecule has 1 rings (SSSR count). The van der Waals surface area contributed by atoms with Crippen molar-refractivity contribution in [3.63, 3.8) is 0 Å². The normalized spacial score (nSPS) is 10.5. The fraction of sp³-hybridized carbons (Fsp3) is 0.250. The molecule has 0 spiro atoms. The van der Waals surface area contributed by atoms with Crippen LogP contribution in [0.1, 0.15) is 5.56 Å². The van der Waals surface area contributed by atoms with Gasteiger partial charge in [-0.15, -0.1) is 6.42 Å². The fourth-order valence-electron chi connectivity index (χ4n) is 1.14. The van der Waals surface area contributed by atoms with Gasteiger partial charge in [0, 0.05) is 0 Å². The van der Waals surface area contributed by atoms with E-state index < -0.39 is 27.3 Å². The summed E-state index contributed by atoms with van der Waals surface area (Å²) in [5.74, 6) is 0.0760. The molecule has 0 unspecified atom stereocenters. The van der Waals surface area contributed by atoms with Crippen LogP contribution < -0.4 is 0 Å². The second kappa shape index (κ2) is 6.06. The lowest BCUT2D eigenvalue weighted by Crippen LogP contribution is -2.20. The number of hydrogen-bond acceptors (Lipinski definition) is 4. The molecule has 1 aromatic carbocycles. The van der Waals surface area contributed by atoms with Gasteiger partial charge in [0.1, 0.15) is 18.1 Å². The predicted octanol–water partition coefficient (Wildman–Crippen LogP) is 0.778. The number of rotatable bonds is 5. The van der Waals surface area contributed by atoms with Crippen molar-refractivity contribution in [2.75, 3.05) is 11.5 Å². The highest BCUT2D eigenvalue weighted by Crippen LogP contribution is 2.01. The number of hydrogen-bond donors (Lipinski definition) is 0. The molecule has 90 valence electrons. The molecule has 0 heterocycles. The lowest BCUT2D eigenvalue weighted by Gasteiger charge is -2.04. The molecule has 0 N–H and O–H groups in total. The molecule has 0 aliphatic rings. The SMILES string of the molecule is C#CCS(=O)(=O)CC(=O)OCc1ccccc1. The summed E-state index contributed by atoms with van der Waals surface area (Å²) in [5, 5.41) is 0. The first kappa shape index (κ1) is 13.3. The topological polar surface area (TPSA) is 60.4 Å². The molecule has 0 amide bonds. The molecule has 17 heavy (non-hydrogen) atoms. The van der Waals surface area contributed by atoms with Gasteiger partial charge in [-0.25, -0.2) is 8.42 Å². The van der Waals surface area contributed by atoms with Crippen LogP contribution in [-0.4, -0.2) is 25.9 Å². The maximum Gasteiger partial charge on any atom is 0.321 e. The Morgan fingerprint density at radius 1 is 1.29 bits per heavy atom. The molecule has 4 nitrogen and oxygen atoms in total. The average molecular weight is 252 g/mol. The molecule has 0 radical (unpaired) electrons. The lowest BCUT2D eigenvalue weighted by molar-refractivity contribution is -0.141. The number of carbonyl (C=O) groups excluding carboxylic acids is 1. The first-order valence-electron chi connectivity index (χ1n) is 4.87. The van der Waals surface area contributed by atoms with Crippen LogP contribution in [0.2, 0.25) is 0 Å². The third-order valence-corrected chi connectivity index (χ3v) is 3.17.